The monoisotopic (exact) mass is 198 g/mol. The molecule has 3 nitrogen and oxygen atoms in total. The van der Waals surface area contributed by atoms with Gasteiger partial charge in [0.15, 0.2) is 0 Å². The Morgan fingerprint density at radius 3 is 2.93 bits per heavy atom. The minimum Gasteiger partial charge on any atom is -0.395 e. The van der Waals surface area contributed by atoms with E-state index >= 15 is 0 Å². The van der Waals surface area contributed by atoms with E-state index in [9.17, 15) is 0 Å². The van der Waals surface area contributed by atoms with Gasteiger partial charge in [0.2, 0.25) is 0 Å². The molecule has 2 heterocycles. The third-order valence-electron chi connectivity index (χ3n) is 3.85. The Bertz CT molecular complexity index is 186. The molecule has 0 radical (unpaired) electrons. The van der Waals surface area contributed by atoms with Gasteiger partial charge in [-0.3, -0.25) is 0 Å². The zero-order chi connectivity index (χ0) is 9.97. The van der Waals surface area contributed by atoms with Crippen molar-refractivity contribution in [3.05, 3.63) is 0 Å². The van der Waals surface area contributed by atoms with E-state index in [2.05, 4.69) is 16.8 Å². The van der Waals surface area contributed by atoms with Gasteiger partial charge in [0.1, 0.15) is 0 Å². The number of β-amino-alcohol motifs (C(OH)–C–C–N with tert-alkyl or cyclic N) is 1. The first kappa shape index (κ1) is 10.4. The van der Waals surface area contributed by atoms with Gasteiger partial charge in [0.05, 0.1) is 6.61 Å². The highest BCUT2D eigenvalue weighted by atomic mass is 16.3. The molecule has 3 heteroatoms. The van der Waals surface area contributed by atoms with E-state index in [1.54, 1.807) is 0 Å². The normalized spacial score (nSPS) is 35.6. The Kier molecular flexibility index (Phi) is 3.42. The van der Waals surface area contributed by atoms with Crippen molar-refractivity contribution in [3.8, 4) is 0 Å². The van der Waals surface area contributed by atoms with Gasteiger partial charge in [-0.1, -0.05) is 0 Å². The van der Waals surface area contributed by atoms with E-state index in [0.717, 1.165) is 18.5 Å². The Balaban J connectivity index is 1.89. The number of hydrogen-bond acceptors (Lipinski definition) is 3. The summed E-state index contributed by atoms with van der Waals surface area (Å²) in [6.45, 7) is 4.84. The predicted octanol–water partition coefficient (Wildman–Crippen LogP) is 0.395. The van der Waals surface area contributed by atoms with E-state index in [1.165, 1.54) is 38.9 Å². The molecular weight excluding hydrogens is 176 g/mol. The van der Waals surface area contributed by atoms with Crippen LogP contribution in [-0.4, -0.2) is 60.8 Å². The van der Waals surface area contributed by atoms with E-state index in [-0.39, 0.29) is 0 Å². The fourth-order valence-electron chi connectivity index (χ4n) is 3.07. The van der Waals surface area contributed by atoms with E-state index in [1.807, 2.05) is 0 Å². The molecule has 2 rings (SSSR count). The van der Waals surface area contributed by atoms with E-state index in [4.69, 9.17) is 5.11 Å². The highest BCUT2D eigenvalue weighted by molar-refractivity contribution is 4.88. The Morgan fingerprint density at radius 1 is 1.29 bits per heavy atom. The van der Waals surface area contributed by atoms with Crippen LogP contribution in [0.3, 0.4) is 0 Å². The highest BCUT2D eigenvalue weighted by Crippen LogP contribution is 2.29. The van der Waals surface area contributed by atoms with Gasteiger partial charge in [0.25, 0.3) is 0 Å². The molecule has 0 saturated carbocycles. The Hall–Kier alpha value is -0.120. The summed E-state index contributed by atoms with van der Waals surface area (Å²) >= 11 is 0. The van der Waals surface area contributed by atoms with Crippen LogP contribution in [0, 0.1) is 5.92 Å². The molecule has 2 aliphatic heterocycles. The summed E-state index contributed by atoms with van der Waals surface area (Å²) in [4.78, 5) is 4.95. The van der Waals surface area contributed by atoms with Crippen molar-refractivity contribution in [1.82, 2.24) is 9.80 Å². The first-order valence-corrected chi connectivity index (χ1v) is 5.84. The standard InChI is InChI=1S/C11H22N2O/c1-12-5-2-3-10-9-13(7-8-14)6-4-11(10)12/h10-11,14H,2-9H2,1H3. The maximum atomic E-state index is 8.91. The molecule has 2 fully saturated rings. The zero-order valence-corrected chi connectivity index (χ0v) is 9.15. The average molecular weight is 198 g/mol. The highest BCUT2D eigenvalue weighted by Gasteiger charge is 2.33. The summed E-state index contributed by atoms with van der Waals surface area (Å²) in [7, 11) is 2.26. The van der Waals surface area contributed by atoms with Crippen molar-refractivity contribution in [2.75, 3.05) is 39.8 Å². The quantitative estimate of drug-likeness (QED) is 0.695. The second-order valence-corrected chi connectivity index (χ2v) is 4.76. The second-order valence-electron chi connectivity index (χ2n) is 4.76. The summed E-state index contributed by atoms with van der Waals surface area (Å²) < 4.78 is 0. The van der Waals surface area contributed by atoms with Gasteiger partial charge >= 0.3 is 0 Å². The summed E-state index contributed by atoms with van der Waals surface area (Å²) in [5, 5.41) is 8.91. The molecule has 0 amide bonds. The van der Waals surface area contributed by atoms with Crippen LogP contribution in [0.25, 0.3) is 0 Å². The van der Waals surface area contributed by atoms with Crippen molar-refractivity contribution in [1.29, 1.82) is 0 Å². The minimum atomic E-state index is 0.313. The molecule has 0 aromatic carbocycles. The fraction of sp³-hybridized carbons (Fsp3) is 1.00. The van der Waals surface area contributed by atoms with Crippen LogP contribution >= 0.6 is 0 Å². The Morgan fingerprint density at radius 2 is 2.14 bits per heavy atom. The first-order chi connectivity index (χ1) is 6.81. The van der Waals surface area contributed by atoms with Crippen LogP contribution in [0.4, 0.5) is 0 Å². The summed E-state index contributed by atoms with van der Waals surface area (Å²) in [5.74, 6) is 0.856. The van der Waals surface area contributed by atoms with Crippen LogP contribution in [0.15, 0.2) is 0 Å². The second kappa shape index (κ2) is 4.60. The first-order valence-electron chi connectivity index (χ1n) is 5.84. The molecule has 82 valence electrons. The van der Waals surface area contributed by atoms with Crippen molar-refractivity contribution in [3.63, 3.8) is 0 Å². The molecule has 2 unspecified atom stereocenters. The smallest absolute Gasteiger partial charge is 0.0558 e. The number of rotatable bonds is 2. The lowest BCUT2D eigenvalue weighted by atomic mass is 9.84. The molecule has 0 aromatic heterocycles. The topological polar surface area (TPSA) is 26.7 Å². The van der Waals surface area contributed by atoms with Gasteiger partial charge in [-0.25, -0.2) is 0 Å². The molecule has 14 heavy (non-hydrogen) atoms. The van der Waals surface area contributed by atoms with Gasteiger partial charge in [-0.2, -0.15) is 0 Å². The molecule has 2 saturated heterocycles. The van der Waals surface area contributed by atoms with Crippen LogP contribution in [0.5, 0.6) is 0 Å². The lowest BCUT2D eigenvalue weighted by Crippen LogP contribution is -2.53. The van der Waals surface area contributed by atoms with Gasteiger partial charge in [-0.15, -0.1) is 0 Å². The van der Waals surface area contributed by atoms with Crippen molar-refractivity contribution < 1.29 is 5.11 Å². The van der Waals surface area contributed by atoms with Crippen LogP contribution in [-0.2, 0) is 0 Å². The van der Waals surface area contributed by atoms with Gasteiger partial charge in [-0.05, 0) is 45.3 Å². The lowest BCUT2D eigenvalue weighted by Gasteiger charge is -2.45. The van der Waals surface area contributed by atoms with Crippen LogP contribution in [0.1, 0.15) is 19.3 Å². The van der Waals surface area contributed by atoms with Crippen molar-refractivity contribution >= 4 is 0 Å². The van der Waals surface area contributed by atoms with Crippen molar-refractivity contribution in [2.24, 2.45) is 5.92 Å². The number of nitrogens with zero attached hydrogens (tertiary/aromatic N) is 2. The van der Waals surface area contributed by atoms with Gasteiger partial charge < -0.3 is 14.9 Å². The predicted molar refractivity (Wildman–Crippen MR) is 57.3 cm³/mol. The zero-order valence-electron chi connectivity index (χ0n) is 9.15. The average Bonchev–Trinajstić information content (AvgIpc) is 2.18. The third kappa shape index (κ3) is 2.10. The number of aliphatic hydroxyl groups is 1. The molecule has 2 atom stereocenters. The van der Waals surface area contributed by atoms with E-state index < -0.39 is 0 Å². The molecular formula is C11H22N2O. The number of piperidine rings is 2. The SMILES string of the molecule is CN1CCCC2CN(CCO)CCC21. The third-order valence-corrected chi connectivity index (χ3v) is 3.85. The van der Waals surface area contributed by atoms with Crippen molar-refractivity contribution in [2.45, 2.75) is 25.3 Å². The van der Waals surface area contributed by atoms with E-state index in [0.29, 0.717) is 6.61 Å². The molecule has 1 N–H and O–H groups in total. The molecule has 0 spiro atoms. The maximum absolute atomic E-state index is 8.91. The fourth-order valence-corrected chi connectivity index (χ4v) is 3.07. The Labute approximate surface area is 86.7 Å². The van der Waals surface area contributed by atoms with Crippen LogP contribution < -0.4 is 0 Å². The molecule has 2 aliphatic rings. The summed E-state index contributed by atoms with van der Waals surface area (Å²) in [6, 6.07) is 0.818. The molecule has 0 aromatic rings. The summed E-state index contributed by atoms with van der Waals surface area (Å²) in [6.07, 6.45) is 4.03. The van der Waals surface area contributed by atoms with Crippen LogP contribution in [0.2, 0.25) is 0 Å². The minimum absolute atomic E-state index is 0.313. The van der Waals surface area contributed by atoms with Gasteiger partial charge in [0, 0.05) is 19.1 Å². The number of hydrogen-bond donors (Lipinski definition) is 1. The molecule has 0 bridgehead atoms. The lowest BCUT2D eigenvalue weighted by molar-refractivity contribution is 0.0323. The number of fused-ring (bicyclic) bond motifs is 1. The molecule has 0 aliphatic carbocycles. The number of aliphatic hydroxyl groups excluding tert-OH is 1. The maximum Gasteiger partial charge on any atom is 0.0558 e. The number of likely N-dealkylation sites (tertiary alicyclic amines) is 2. The summed E-state index contributed by atoms with van der Waals surface area (Å²) in [5.41, 5.74) is 0. The largest absolute Gasteiger partial charge is 0.395 e.